The van der Waals surface area contributed by atoms with Gasteiger partial charge in [-0.15, -0.1) is 0 Å². The van der Waals surface area contributed by atoms with Gasteiger partial charge in [0, 0.05) is 12.5 Å². The molecule has 0 bridgehead atoms. The van der Waals surface area contributed by atoms with Crippen molar-refractivity contribution in [3.63, 3.8) is 0 Å². The highest BCUT2D eigenvalue weighted by Gasteiger charge is 2.11. The summed E-state index contributed by atoms with van der Waals surface area (Å²) < 4.78 is 17.8. The van der Waals surface area contributed by atoms with Gasteiger partial charge in [0.15, 0.2) is 5.82 Å². The highest BCUT2D eigenvalue weighted by Crippen LogP contribution is 2.10. The van der Waals surface area contributed by atoms with Crippen LogP contribution in [0, 0.1) is 19.7 Å². The molecule has 2 rings (SSSR count). The van der Waals surface area contributed by atoms with Crippen LogP contribution in [0.15, 0.2) is 22.7 Å². The molecule has 18 heavy (non-hydrogen) atoms. The highest BCUT2D eigenvalue weighted by atomic mass is 19.1. The standard InChI is InChI=1S/C12H12FN3O2/c1-7-3-4-9(13)5-10(7)12(17)14-6-11-15-8(2)18-16-11/h3-5H,6H2,1-2H3,(H,14,17). The van der Waals surface area contributed by atoms with Crippen LogP contribution in [0.25, 0.3) is 0 Å². The van der Waals surface area contributed by atoms with Gasteiger partial charge >= 0.3 is 0 Å². The SMILES string of the molecule is Cc1nc(CNC(=O)c2cc(F)ccc2C)no1. The molecule has 0 aliphatic rings. The van der Waals surface area contributed by atoms with E-state index in [0.29, 0.717) is 22.8 Å². The second-order valence-electron chi connectivity index (χ2n) is 3.87. The first-order chi connectivity index (χ1) is 8.56. The van der Waals surface area contributed by atoms with E-state index in [-0.39, 0.29) is 12.5 Å². The van der Waals surface area contributed by atoms with Crippen molar-refractivity contribution in [1.82, 2.24) is 15.5 Å². The molecule has 1 amide bonds. The van der Waals surface area contributed by atoms with E-state index >= 15 is 0 Å². The Kier molecular flexibility index (Phi) is 3.36. The number of rotatable bonds is 3. The van der Waals surface area contributed by atoms with Gasteiger partial charge in [-0.2, -0.15) is 4.98 Å². The molecule has 0 spiro atoms. The molecule has 2 aromatic rings. The molecule has 5 nitrogen and oxygen atoms in total. The van der Waals surface area contributed by atoms with Crippen LogP contribution in [-0.2, 0) is 6.54 Å². The van der Waals surface area contributed by atoms with E-state index in [9.17, 15) is 9.18 Å². The van der Waals surface area contributed by atoms with Gasteiger partial charge < -0.3 is 9.84 Å². The van der Waals surface area contributed by atoms with E-state index in [1.54, 1.807) is 19.9 Å². The lowest BCUT2D eigenvalue weighted by molar-refractivity contribution is 0.0948. The Hall–Kier alpha value is -2.24. The lowest BCUT2D eigenvalue weighted by atomic mass is 10.1. The average Bonchev–Trinajstić information content (AvgIpc) is 2.75. The molecule has 0 aliphatic carbocycles. The number of carbonyl (C=O) groups excluding carboxylic acids is 1. The monoisotopic (exact) mass is 249 g/mol. The largest absolute Gasteiger partial charge is 0.345 e. The molecule has 0 saturated carbocycles. The van der Waals surface area contributed by atoms with Crippen molar-refractivity contribution >= 4 is 5.91 Å². The first kappa shape index (κ1) is 12.2. The van der Waals surface area contributed by atoms with Crippen LogP contribution in [0.1, 0.15) is 27.6 Å². The topological polar surface area (TPSA) is 68.0 Å². The van der Waals surface area contributed by atoms with Crippen molar-refractivity contribution in [2.45, 2.75) is 20.4 Å². The Balaban J connectivity index is 2.05. The number of hydrogen-bond acceptors (Lipinski definition) is 4. The molecule has 1 N–H and O–H groups in total. The van der Waals surface area contributed by atoms with Crippen LogP contribution in [0.2, 0.25) is 0 Å². The van der Waals surface area contributed by atoms with Crippen molar-refractivity contribution in [2.75, 3.05) is 0 Å². The van der Waals surface area contributed by atoms with E-state index < -0.39 is 5.82 Å². The quantitative estimate of drug-likeness (QED) is 0.899. The third-order valence-electron chi connectivity index (χ3n) is 2.42. The van der Waals surface area contributed by atoms with Gasteiger partial charge in [0.1, 0.15) is 5.82 Å². The average molecular weight is 249 g/mol. The summed E-state index contributed by atoms with van der Waals surface area (Å²) in [5, 5.41) is 6.25. The number of carbonyl (C=O) groups is 1. The van der Waals surface area contributed by atoms with E-state index in [2.05, 4.69) is 15.5 Å². The normalized spacial score (nSPS) is 10.4. The Morgan fingerprint density at radius 3 is 2.89 bits per heavy atom. The fourth-order valence-corrected chi connectivity index (χ4v) is 1.51. The second kappa shape index (κ2) is 4.95. The summed E-state index contributed by atoms with van der Waals surface area (Å²) in [7, 11) is 0. The summed E-state index contributed by atoms with van der Waals surface area (Å²) in [6, 6.07) is 4.07. The van der Waals surface area contributed by atoms with E-state index in [1.807, 2.05) is 0 Å². The minimum atomic E-state index is -0.443. The number of aromatic nitrogens is 2. The first-order valence-corrected chi connectivity index (χ1v) is 5.40. The Labute approximate surface area is 103 Å². The summed E-state index contributed by atoms with van der Waals surface area (Å²) >= 11 is 0. The second-order valence-corrected chi connectivity index (χ2v) is 3.87. The predicted molar refractivity (Wildman–Crippen MR) is 61.3 cm³/mol. The maximum Gasteiger partial charge on any atom is 0.252 e. The van der Waals surface area contributed by atoms with Gasteiger partial charge in [0.2, 0.25) is 5.89 Å². The number of aryl methyl sites for hydroxylation is 2. The number of nitrogens with one attached hydrogen (secondary N) is 1. The smallest absolute Gasteiger partial charge is 0.252 e. The molecule has 0 radical (unpaired) electrons. The molecule has 6 heteroatoms. The summed E-state index contributed by atoms with van der Waals surface area (Å²) in [5.41, 5.74) is 1.01. The molecular formula is C12H12FN3O2. The predicted octanol–water partition coefficient (Wildman–Crippen LogP) is 1.76. The van der Waals surface area contributed by atoms with Crippen LogP contribution in [0.3, 0.4) is 0 Å². The van der Waals surface area contributed by atoms with Gasteiger partial charge in [-0.3, -0.25) is 4.79 Å². The van der Waals surface area contributed by atoms with Crippen LogP contribution in [-0.4, -0.2) is 16.0 Å². The summed E-state index contributed by atoms with van der Waals surface area (Å²) in [6.45, 7) is 3.55. The summed E-state index contributed by atoms with van der Waals surface area (Å²) in [5.74, 6) is 0.00620. The van der Waals surface area contributed by atoms with Gasteiger partial charge in [0.05, 0.1) is 6.54 Å². The lowest BCUT2D eigenvalue weighted by Gasteiger charge is -2.05. The molecule has 0 saturated heterocycles. The lowest BCUT2D eigenvalue weighted by Crippen LogP contribution is -2.24. The molecule has 0 aliphatic heterocycles. The fourth-order valence-electron chi connectivity index (χ4n) is 1.51. The summed E-state index contributed by atoms with van der Waals surface area (Å²) in [6.07, 6.45) is 0. The zero-order valence-electron chi connectivity index (χ0n) is 10.0. The molecule has 1 heterocycles. The zero-order valence-corrected chi connectivity index (χ0v) is 10.0. The maximum absolute atomic E-state index is 13.1. The van der Waals surface area contributed by atoms with Gasteiger partial charge in [-0.05, 0) is 24.6 Å². The van der Waals surface area contributed by atoms with E-state index in [0.717, 1.165) is 0 Å². The minimum Gasteiger partial charge on any atom is -0.345 e. The van der Waals surface area contributed by atoms with Gasteiger partial charge in [-0.1, -0.05) is 11.2 Å². The molecule has 0 atom stereocenters. The fraction of sp³-hybridized carbons (Fsp3) is 0.250. The molecule has 0 unspecified atom stereocenters. The van der Waals surface area contributed by atoms with Crippen molar-refractivity contribution < 1.29 is 13.7 Å². The van der Waals surface area contributed by atoms with E-state index in [1.165, 1.54) is 12.1 Å². The van der Waals surface area contributed by atoms with Gasteiger partial charge in [0.25, 0.3) is 5.91 Å². The van der Waals surface area contributed by atoms with Crippen LogP contribution in [0.5, 0.6) is 0 Å². The van der Waals surface area contributed by atoms with Crippen molar-refractivity contribution in [3.05, 3.63) is 46.9 Å². The third kappa shape index (κ3) is 2.71. The first-order valence-electron chi connectivity index (χ1n) is 5.40. The van der Waals surface area contributed by atoms with E-state index in [4.69, 9.17) is 4.52 Å². The molecule has 1 aromatic heterocycles. The molecule has 0 fully saturated rings. The Bertz CT molecular complexity index is 580. The van der Waals surface area contributed by atoms with Crippen molar-refractivity contribution in [2.24, 2.45) is 0 Å². The zero-order chi connectivity index (χ0) is 13.1. The van der Waals surface area contributed by atoms with Crippen molar-refractivity contribution in [3.8, 4) is 0 Å². The number of nitrogens with zero attached hydrogens (tertiary/aromatic N) is 2. The Morgan fingerprint density at radius 2 is 2.22 bits per heavy atom. The Morgan fingerprint density at radius 1 is 1.44 bits per heavy atom. The molecular weight excluding hydrogens is 237 g/mol. The third-order valence-corrected chi connectivity index (χ3v) is 2.42. The van der Waals surface area contributed by atoms with Crippen molar-refractivity contribution in [1.29, 1.82) is 0 Å². The number of benzene rings is 1. The van der Waals surface area contributed by atoms with Crippen LogP contribution < -0.4 is 5.32 Å². The molecule has 94 valence electrons. The maximum atomic E-state index is 13.1. The number of halogens is 1. The van der Waals surface area contributed by atoms with Crippen LogP contribution in [0.4, 0.5) is 4.39 Å². The number of hydrogen-bond donors (Lipinski definition) is 1. The molecule has 1 aromatic carbocycles. The number of amides is 1. The minimum absolute atomic E-state index is 0.145. The highest BCUT2D eigenvalue weighted by molar-refractivity contribution is 5.95. The summed E-state index contributed by atoms with van der Waals surface area (Å²) in [4.78, 5) is 15.8. The van der Waals surface area contributed by atoms with Gasteiger partial charge in [-0.25, -0.2) is 4.39 Å². The van der Waals surface area contributed by atoms with Crippen LogP contribution >= 0.6 is 0 Å².